The fourth-order valence-electron chi connectivity index (χ4n) is 3.17. The Hall–Kier alpha value is -1.20. The van der Waals surface area contributed by atoms with Crippen molar-refractivity contribution in [2.45, 2.75) is 38.8 Å². The lowest BCUT2D eigenvalue weighted by Crippen LogP contribution is -2.46. The van der Waals surface area contributed by atoms with E-state index in [0.29, 0.717) is 0 Å². The van der Waals surface area contributed by atoms with Gasteiger partial charge in [0.15, 0.2) is 0 Å². The number of aromatic nitrogens is 3. The Morgan fingerprint density at radius 1 is 0.950 bits per heavy atom. The molecule has 0 saturated carbocycles. The average Bonchev–Trinajstić information content (AvgIpc) is 2.70. The third-order valence-corrected chi connectivity index (χ3v) is 4.40. The van der Waals surface area contributed by atoms with Gasteiger partial charge in [-0.15, -0.1) is 16.8 Å². The fraction of sp³-hybridized carbons (Fsp3) is 0.733. The normalized spacial score (nSPS) is 21.4. The van der Waals surface area contributed by atoms with Gasteiger partial charge in [0.25, 0.3) is 0 Å². The van der Waals surface area contributed by atoms with E-state index in [1.54, 1.807) is 0 Å². The Bertz CT molecular complexity index is 445. The summed E-state index contributed by atoms with van der Waals surface area (Å²) in [6.07, 6.45) is 6.95. The van der Waals surface area contributed by atoms with E-state index in [-0.39, 0.29) is 0 Å². The van der Waals surface area contributed by atoms with Crippen molar-refractivity contribution in [3.63, 3.8) is 0 Å². The van der Waals surface area contributed by atoms with Crippen LogP contribution in [0.4, 0.5) is 0 Å². The van der Waals surface area contributed by atoms with Crippen LogP contribution in [0.5, 0.6) is 0 Å². The van der Waals surface area contributed by atoms with E-state index in [1.165, 1.54) is 30.9 Å². The van der Waals surface area contributed by atoms with E-state index in [2.05, 4.69) is 31.1 Å². The highest BCUT2D eigenvalue weighted by molar-refractivity contribution is 4.98. The SMILES string of the molecule is C=CCN1CCN(Cc2nnc3n2CCCCC3)CC1. The third kappa shape index (κ3) is 3.10. The molecule has 1 aromatic heterocycles. The summed E-state index contributed by atoms with van der Waals surface area (Å²) < 4.78 is 2.36. The summed E-state index contributed by atoms with van der Waals surface area (Å²) in [5.74, 6) is 2.36. The van der Waals surface area contributed by atoms with Crippen molar-refractivity contribution in [3.8, 4) is 0 Å². The van der Waals surface area contributed by atoms with Crippen molar-refractivity contribution in [3.05, 3.63) is 24.3 Å². The summed E-state index contributed by atoms with van der Waals surface area (Å²) in [7, 11) is 0. The van der Waals surface area contributed by atoms with Crippen molar-refractivity contribution >= 4 is 0 Å². The third-order valence-electron chi connectivity index (χ3n) is 4.40. The van der Waals surface area contributed by atoms with Crippen LogP contribution >= 0.6 is 0 Å². The highest BCUT2D eigenvalue weighted by Gasteiger charge is 2.20. The van der Waals surface area contributed by atoms with Gasteiger partial charge in [-0.05, 0) is 12.8 Å². The van der Waals surface area contributed by atoms with Gasteiger partial charge in [-0.2, -0.15) is 0 Å². The van der Waals surface area contributed by atoms with Crippen molar-refractivity contribution in [2.75, 3.05) is 32.7 Å². The van der Waals surface area contributed by atoms with Gasteiger partial charge >= 0.3 is 0 Å². The molecule has 0 aromatic carbocycles. The predicted molar refractivity (Wildman–Crippen MR) is 79.5 cm³/mol. The molecule has 1 saturated heterocycles. The highest BCUT2D eigenvalue weighted by Crippen LogP contribution is 2.16. The summed E-state index contributed by atoms with van der Waals surface area (Å²) in [5.41, 5.74) is 0. The van der Waals surface area contributed by atoms with Crippen LogP contribution in [0.25, 0.3) is 0 Å². The number of aryl methyl sites for hydroxylation is 1. The first-order chi connectivity index (χ1) is 9.86. The smallest absolute Gasteiger partial charge is 0.147 e. The van der Waals surface area contributed by atoms with E-state index in [1.807, 2.05) is 6.08 Å². The lowest BCUT2D eigenvalue weighted by atomic mass is 10.2. The Kier molecular flexibility index (Phi) is 4.47. The molecule has 0 bridgehead atoms. The van der Waals surface area contributed by atoms with Gasteiger partial charge in [0.2, 0.25) is 0 Å². The van der Waals surface area contributed by atoms with Crippen LogP contribution in [0.2, 0.25) is 0 Å². The first-order valence-corrected chi connectivity index (χ1v) is 7.83. The molecule has 0 atom stereocenters. The van der Waals surface area contributed by atoms with Gasteiger partial charge in [-0.3, -0.25) is 9.80 Å². The van der Waals surface area contributed by atoms with Gasteiger partial charge in [0.05, 0.1) is 6.54 Å². The second-order valence-electron chi connectivity index (χ2n) is 5.86. The number of piperazine rings is 1. The van der Waals surface area contributed by atoms with Crippen molar-refractivity contribution in [2.24, 2.45) is 0 Å². The molecule has 110 valence electrons. The molecule has 1 fully saturated rings. The molecular formula is C15H25N5. The quantitative estimate of drug-likeness (QED) is 0.777. The lowest BCUT2D eigenvalue weighted by molar-refractivity contribution is 0.133. The van der Waals surface area contributed by atoms with Gasteiger partial charge in [-0.25, -0.2) is 0 Å². The average molecular weight is 275 g/mol. The van der Waals surface area contributed by atoms with Crippen LogP contribution in [0.15, 0.2) is 12.7 Å². The van der Waals surface area contributed by atoms with E-state index in [4.69, 9.17) is 0 Å². The molecule has 5 heteroatoms. The summed E-state index contributed by atoms with van der Waals surface area (Å²) in [6, 6.07) is 0. The van der Waals surface area contributed by atoms with Crippen molar-refractivity contribution < 1.29 is 0 Å². The van der Waals surface area contributed by atoms with Crippen LogP contribution in [0.3, 0.4) is 0 Å². The summed E-state index contributed by atoms with van der Waals surface area (Å²) in [4.78, 5) is 4.95. The molecule has 3 heterocycles. The predicted octanol–water partition coefficient (Wildman–Crippen LogP) is 1.31. The van der Waals surface area contributed by atoms with Gasteiger partial charge in [-0.1, -0.05) is 12.5 Å². The van der Waals surface area contributed by atoms with Crippen molar-refractivity contribution in [1.82, 2.24) is 24.6 Å². The minimum absolute atomic E-state index is 0.953. The molecule has 1 aromatic rings. The highest BCUT2D eigenvalue weighted by atomic mass is 15.3. The first kappa shape index (κ1) is 13.8. The number of fused-ring (bicyclic) bond motifs is 1. The molecule has 20 heavy (non-hydrogen) atoms. The molecule has 2 aliphatic rings. The Balaban J connectivity index is 1.59. The molecule has 0 aliphatic carbocycles. The maximum Gasteiger partial charge on any atom is 0.147 e. The molecule has 0 spiro atoms. The summed E-state index contributed by atoms with van der Waals surface area (Å²) in [6.45, 7) is 11.4. The number of nitrogens with zero attached hydrogens (tertiary/aromatic N) is 5. The lowest BCUT2D eigenvalue weighted by Gasteiger charge is -2.33. The monoisotopic (exact) mass is 275 g/mol. The fourth-order valence-corrected chi connectivity index (χ4v) is 3.17. The molecule has 0 N–H and O–H groups in total. The van der Waals surface area contributed by atoms with Crippen LogP contribution in [-0.2, 0) is 19.5 Å². The number of hydrogen-bond donors (Lipinski definition) is 0. The van der Waals surface area contributed by atoms with Crippen LogP contribution in [0.1, 0.15) is 30.9 Å². The molecule has 2 aliphatic heterocycles. The zero-order chi connectivity index (χ0) is 13.8. The minimum atomic E-state index is 0.953. The number of rotatable bonds is 4. The van der Waals surface area contributed by atoms with Gasteiger partial charge in [0, 0.05) is 45.7 Å². The largest absolute Gasteiger partial charge is 0.314 e. The van der Waals surface area contributed by atoms with E-state index < -0.39 is 0 Å². The summed E-state index contributed by atoms with van der Waals surface area (Å²) >= 11 is 0. The van der Waals surface area contributed by atoms with E-state index >= 15 is 0 Å². The first-order valence-electron chi connectivity index (χ1n) is 7.83. The van der Waals surface area contributed by atoms with Crippen LogP contribution in [-0.4, -0.2) is 57.3 Å². The molecular weight excluding hydrogens is 250 g/mol. The molecule has 0 unspecified atom stereocenters. The maximum absolute atomic E-state index is 4.43. The Morgan fingerprint density at radius 2 is 1.75 bits per heavy atom. The van der Waals surface area contributed by atoms with Gasteiger partial charge in [0.1, 0.15) is 11.6 Å². The van der Waals surface area contributed by atoms with Crippen LogP contribution < -0.4 is 0 Å². The topological polar surface area (TPSA) is 37.2 Å². The zero-order valence-electron chi connectivity index (χ0n) is 12.3. The standard InChI is InChI=1S/C15H25N5/c1-2-7-18-9-11-19(12-10-18)13-15-17-16-14-6-4-3-5-8-20(14)15/h2H,1,3-13H2. The number of hydrogen-bond acceptors (Lipinski definition) is 4. The Labute approximate surface area is 121 Å². The van der Waals surface area contributed by atoms with Gasteiger partial charge < -0.3 is 4.57 Å². The molecule has 5 nitrogen and oxygen atoms in total. The Morgan fingerprint density at radius 3 is 2.55 bits per heavy atom. The maximum atomic E-state index is 4.43. The zero-order valence-corrected chi connectivity index (χ0v) is 12.3. The van der Waals surface area contributed by atoms with E-state index in [9.17, 15) is 0 Å². The van der Waals surface area contributed by atoms with Crippen molar-refractivity contribution in [1.29, 1.82) is 0 Å². The van der Waals surface area contributed by atoms with E-state index in [0.717, 1.165) is 52.2 Å². The van der Waals surface area contributed by atoms with Crippen LogP contribution in [0, 0.1) is 0 Å². The molecule has 0 radical (unpaired) electrons. The minimum Gasteiger partial charge on any atom is -0.314 e. The second-order valence-corrected chi connectivity index (χ2v) is 5.86. The summed E-state index contributed by atoms with van der Waals surface area (Å²) in [5, 5.41) is 8.82. The molecule has 0 amide bonds. The molecule has 3 rings (SSSR count). The second kappa shape index (κ2) is 6.50.